The quantitative estimate of drug-likeness (QED) is 0.781. The summed E-state index contributed by atoms with van der Waals surface area (Å²) < 4.78 is 0. The smallest absolute Gasteiger partial charge is 0.0361 e. The van der Waals surface area contributed by atoms with Crippen molar-refractivity contribution in [1.29, 1.82) is 0 Å². The Morgan fingerprint density at radius 1 is 0.737 bits per heavy atom. The molecule has 0 saturated heterocycles. The Bertz CT molecular complexity index is 527. The highest BCUT2D eigenvalue weighted by Gasteiger charge is 2.32. The van der Waals surface area contributed by atoms with Crippen molar-refractivity contribution in [3.05, 3.63) is 65.7 Å². The molecule has 0 spiro atoms. The molecule has 1 saturated carbocycles. The second kappa shape index (κ2) is 5.08. The number of nitrogens with zero attached hydrogens (tertiary/aromatic N) is 1. The maximum Gasteiger partial charge on any atom is 0.0361 e. The summed E-state index contributed by atoms with van der Waals surface area (Å²) >= 11 is 0. The van der Waals surface area contributed by atoms with Gasteiger partial charge in [0.1, 0.15) is 0 Å². The molecule has 1 fully saturated rings. The summed E-state index contributed by atoms with van der Waals surface area (Å²) in [6.07, 6.45) is 2.64. The molecular weight excluding hydrogens is 230 g/mol. The lowest BCUT2D eigenvalue weighted by Crippen LogP contribution is -2.21. The number of hydrogen-bond donors (Lipinski definition) is 0. The van der Waals surface area contributed by atoms with Gasteiger partial charge in [-0.1, -0.05) is 42.5 Å². The average molecular weight is 251 g/mol. The molecule has 2 aromatic rings. The van der Waals surface area contributed by atoms with Gasteiger partial charge < -0.3 is 4.90 Å². The van der Waals surface area contributed by atoms with Gasteiger partial charge in [-0.3, -0.25) is 0 Å². The number of hydrogen-bond acceptors (Lipinski definition) is 1. The molecule has 2 aromatic carbocycles. The zero-order valence-electron chi connectivity index (χ0n) is 11.7. The van der Waals surface area contributed by atoms with Gasteiger partial charge in [0.2, 0.25) is 0 Å². The minimum Gasteiger partial charge on any atom is -0.378 e. The normalized spacial score (nSPS) is 21.8. The van der Waals surface area contributed by atoms with Crippen molar-refractivity contribution in [3.8, 4) is 0 Å². The van der Waals surface area contributed by atoms with Crippen molar-refractivity contribution in [3.63, 3.8) is 0 Å². The van der Waals surface area contributed by atoms with Gasteiger partial charge >= 0.3 is 0 Å². The first kappa shape index (κ1) is 12.3. The molecular formula is C18H21N. The number of anilines is 1. The van der Waals surface area contributed by atoms with Gasteiger partial charge in [0.15, 0.2) is 0 Å². The highest BCUT2D eigenvalue weighted by molar-refractivity contribution is 5.47. The maximum atomic E-state index is 2.30. The van der Waals surface area contributed by atoms with Crippen LogP contribution in [0.5, 0.6) is 0 Å². The fraction of sp³-hybridized carbons (Fsp3) is 0.333. The van der Waals surface area contributed by atoms with E-state index < -0.39 is 0 Å². The van der Waals surface area contributed by atoms with Crippen molar-refractivity contribution >= 4 is 5.69 Å². The lowest BCUT2D eigenvalue weighted by atomic mass is 9.67. The molecule has 1 aliphatic rings. The van der Waals surface area contributed by atoms with Crippen molar-refractivity contribution < 1.29 is 0 Å². The van der Waals surface area contributed by atoms with Crippen LogP contribution in [0.1, 0.15) is 35.8 Å². The molecule has 19 heavy (non-hydrogen) atoms. The summed E-state index contributed by atoms with van der Waals surface area (Å²) in [7, 11) is 4.18. The molecule has 0 radical (unpaired) electrons. The van der Waals surface area contributed by atoms with Crippen LogP contribution in [-0.2, 0) is 0 Å². The number of benzene rings is 2. The maximum absolute atomic E-state index is 2.30. The first-order valence-electron chi connectivity index (χ1n) is 7.08. The largest absolute Gasteiger partial charge is 0.378 e. The SMILES string of the molecule is CN(C)c1ccc(C2CCC2c2ccccc2)cc1. The predicted molar refractivity (Wildman–Crippen MR) is 81.9 cm³/mol. The Kier molecular flexibility index (Phi) is 3.29. The van der Waals surface area contributed by atoms with E-state index in [2.05, 4.69) is 73.6 Å². The Labute approximate surface area is 115 Å². The zero-order chi connectivity index (χ0) is 13.2. The van der Waals surface area contributed by atoms with E-state index in [0.717, 1.165) is 0 Å². The Balaban J connectivity index is 1.79. The molecule has 2 atom stereocenters. The molecule has 1 heteroatoms. The predicted octanol–water partition coefficient (Wildman–Crippen LogP) is 4.41. The molecule has 3 rings (SSSR count). The molecule has 0 aromatic heterocycles. The van der Waals surface area contributed by atoms with Crippen LogP contribution in [-0.4, -0.2) is 14.1 Å². The minimum atomic E-state index is 0.707. The van der Waals surface area contributed by atoms with Crippen LogP contribution in [0.15, 0.2) is 54.6 Å². The van der Waals surface area contributed by atoms with Crippen LogP contribution in [0.2, 0.25) is 0 Å². The van der Waals surface area contributed by atoms with Crippen molar-refractivity contribution in [2.45, 2.75) is 24.7 Å². The summed E-state index contributed by atoms with van der Waals surface area (Å²) in [6, 6.07) is 20.0. The monoisotopic (exact) mass is 251 g/mol. The molecule has 0 heterocycles. The third-order valence-corrected chi connectivity index (χ3v) is 4.34. The molecule has 0 N–H and O–H groups in total. The first-order valence-corrected chi connectivity index (χ1v) is 7.08. The van der Waals surface area contributed by atoms with Gasteiger partial charge in [-0.05, 0) is 47.9 Å². The molecule has 2 unspecified atom stereocenters. The van der Waals surface area contributed by atoms with E-state index in [0.29, 0.717) is 11.8 Å². The number of rotatable bonds is 3. The van der Waals surface area contributed by atoms with Crippen molar-refractivity contribution in [2.75, 3.05) is 19.0 Å². The first-order chi connectivity index (χ1) is 9.25. The Morgan fingerprint density at radius 3 is 1.74 bits per heavy atom. The van der Waals surface area contributed by atoms with Crippen LogP contribution in [0.4, 0.5) is 5.69 Å². The van der Waals surface area contributed by atoms with E-state index in [4.69, 9.17) is 0 Å². The van der Waals surface area contributed by atoms with E-state index in [1.807, 2.05) is 0 Å². The van der Waals surface area contributed by atoms with Crippen LogP contribution in [0.3, 0.4) is 0 Å². The van der Waals surface area contributed by atoms with E-state index in [9.17, 15) is 0 Å². The average Bonchev–Trinajstić information content (AvgIpc) is 2.39. The van der Waals surface area contributed by atoms with Crippen LogP contribution in [0, 0.1) is 0 Å². The summed E-state index contributed by atoms with van der Waals surface area (Å²) in [6.45, 7) is 0. The summed E-state index contributed by atoms with van der Waals surface area (Å²) in [5.74, 6) is 1.42. The van der Waals surface area contributed by atoms with Gasteiger partial charge in [-0.2, -0.15) is 0 Å². The lowest BCUT2D eigenvalue weighted by Gasteiger charge is -2.37. The van der Waals surface area contributed by atoms with Crippen LogP contribution in [0.25, 0.3) is 0 Å². The molecule has 98 valence electrons. The van der Waals surface area contributed by atoms with Gasteiger partial charge in [0, 0.05) is 19.8 Å². The van der Waals surface area contributed by atoms with Gasteiger partial charge in [0.05, 0.1) is 0 Å². The topological polar surface area (TPSA) is 3.24 Å². The lowest BCUT2D eigenvalue weighted by molar-refractivity contribution is 0.346. The second-order valence-corrected chi connectivity index (χ2v) is 5.69. The van der Waals surface area contributed by atoms with Crippen LogP contribution >= 0.6 is 0 Å². The van der Waals surface area contributed by atoms with Crippen LogP contribution < -0.4 is 4.90 Å². The Morgan fingerprint density at radius 2 is 1.26 bits per heavy atom. The zero-order valence-corrected chi connectivity index (χ0v) is 11.7. The molecule has 1 nitrogen and oxygen atoms in total. The Hall–Kier alpha value is -1.76. The third kappa shape index (κ3) is 2.37. The molecule has 0 aliphatic heterocycles. The summed E-state index contributed by atoms with van der Waals surface area (Å²) in [5.41, 5.74) is 4.26. The van der Waals surface area contributed by atoms with Gasteiger partial charge in [-0.15, -0.1) is 0 Å². The molecule has 1 aliphatic carbocycles. The van der Waals surface area contributed by atoms with Gasteiger partial charge in [0.25, 0.3) is 0 Å². The summed E-state index contributed by atoms with van der Waals surface area (Å²) in [5, 5.41) is 0. The fourth-order valence-corrected chi connectivity index (χ4v) is 3.02. The molecule has 0 bridgehead atoms. The molecule has 0 amide bonds. The van der Waals surface area contributed by atoms with E-state index in [-0.39, 0.29) is 0 Å². The third-order valence-electron chi connectivity index (χ3n) is 4.34. The second-order valence-electron chi connectivity index (χ2n) is 5.69. The van der Waals surface area contributed by atoms with Crippen molar-refractivity contribution in [1.82, 2.24) is 0 Å². The van der Waals surface area contributed by atoms with E-state index in [1.54, 1.807) is 0 Å². The minimum absolute atomic E-state index is 0.707. The van der Waals surface area contributed by atoms with E-state index >= 15 is 0 Å². The standard InChI is InChI=1S/C18H21N/c1-19(2)16-10-8-15(9-11-16)18-13-12-17(18)14-6-4-3-5-7-14/h3-11,17-18H,12-13H2,1-2H3. The van der Waals surface area contributed by atoms with Gasteiger partial charge in [-0.25, -0.2) is 0 Å². The van der Waals surface area contributed by atoms with Crippen molar-refractivity contribution in [2.24, 2.45) is 0 Å². The van der Waals surface area contributed by atoms with E-state index in [1.165, 1.54) is 29.7 Å². The highest BCUT2D eigenvalue weighted by Crippen LogP contribution is 2.49. The summed E-state index contributed by atoms with van der Waals surface area (Å²) in [4.78, 5) is 2.15. The fourth-order valence-electron chi connectivity index (χ4n) is 3.02. The highest BCUT2D eigenvalue weighted by atomic mass is 15.1.